The average Bonchev–Trinajstić information content (AvgIpc) is 3.19. The molecule has 2 fully saturated rings. The minimum absolute atomic E-state index is 0. The number of nitrogens with zero attached hydrogens (tertiary/aromatic N) is 2. The summed E-state index contributed by atoms with van der Waals surface area (Å²) in [6.07, 6.45) is 4.39. The molecule has 2 N–H and O–H groups in total. The number of hydrogen-bond acceptors (Lipinski definition) is 4. The lowest BCUT2D eigenvalue weighted by Crippen LogP contribution is -2.45. The highest BCUT2D eigenvalue weighted by Crippen LogP contribution is 2.19. The van der Waals surface area contributed by atoms with E-state index in [4.69, 9.17) is 9.47 Å². The fraction of sp³-hybridized carbons (Fsp3) is 0.667. The van der Waals surface area contributed by atoms with Gasteiger partial charge in [-0.3, -0.25) is 4.99 Å². The number of ether oxygens (including phenoxy) is 2. The second-order valence-corrected chi connectivity index (χ2v) is 7.39. The summed E-state index contributed by atoms with van der Waals surface area (Å²) in [5, 5.41) is 6.96. The molecule has 6 nitrogen and oxygen atoms in total. The molecular weight excluding hydrogens is 467 g/mol. The number of halogens is 1. The van der Waals surface area contributed by atoms with Gasteiger partial charge < -0.3 is 25.0 Å². The van der Waals surface area contributed by atoms with E-state index in [1.807, 2.05) is 7.05 Å². The van der Waals surface area contributed by atoms with E-state index in [0.717, 1.165) is 77.7 Å². The van der Waals surface area contributed by atoms with Crippen molar-refractivity contribution in [2.24, 2.45) is 10.9 Å². The van der Waals surface area contributed by atoms with E-state index in [0.29, 0.717) is 12.0 Å². The summed E-state index contributed by atoms with van der Waals surface area (Å²) in [6, 6.07) is 11.0. The normalized spacial score (nSPS) is 20.7. The Morgan fingerprint density at radius 2 is 2.00 bits per heavy atom. The zero-order valence-electron chi connectivity index (χ0n) is 16.9. The van der Waals surface area contributed by atoms with E-state index in [1.54, 1.807) is 0 Å². The highest BCUT2D eigenvalue weighted by Gasteiger charge is 2.23. The maximum atomic E-state index is 5.82. The maximum Gasteiger partial charge on any atom is 0.191 e. The van der Waals surface area contributed by atoms with Gasteiger partial charge in [0.15, 0.2) is 5.96 Å². The van der Waals surface area contributed by atoms with Crippen LogP contribution in [-0.4, -0.2) is 65.1 Å². The summed E-state index contributed by atoms with van der Waals surface area (Å²) in [6.45, 7) is 6.42. The Labute approximate surface area is 186 Å². The number of nitrogens with one attached hydrogen (secondary N) is 2. The predicted octanol–water partition coefficient (Wildman–Crippen LogP) is 2.88. The Balaban J connectivity index is 0.00000280. The van der Waals surface area contributed by atoms with E-state index in [-0.39, 0.29) is 24.0 Å². The van der Waals surface area contributed by atoms with Crippen LogP contribution in [0.5, 0.6) is 0 Å². The van der Waals surface area contributed by atoms with Crippen LogP contribution in [0, 0.1) is 5.92 Å². The molecule has 28 heavy (non-hydrogen) atoms. The Bertz CT molecular complexity index is 567. The molecule has 3 rings (SSSR count). The first kappa shape index (κ1) is 23.2. The molecule has 1 aromatic rings. The molecule has 2 aliphatic rings. The molecule has 7 heteroatoms. The number of rotatable bonds is 8. The van der Waals surface area contributed by atoms with Crippen LogP contribution in [0.15, 0.2) is 35.3 Å². The van der Waals surface area contributed by atoms with Crippen molar-refractivity contribution in [3.05, 3.63) is 30.3 Å². The molecule has 0 aliphatic carbocycles. The highest BCUT2D eigenvalue weighted by molar-refractivity contribution is 14.0. The van der Waals surface area contributed by atoms with Crippen LogP contribution in [0.4, 0.5) is 5.69 Å². The third kappa shape index (κ3) is 7.75. The number of aliphatic imine (C=N–C) groups is 1. The number of para-hydroxylation sites is 1. The van der Waals surface area contributed by atoms with Crippen molar-refractivity contribution in [2.75, 3.05) is 58.0 Å². The third-order valence-electron chi connectivity index (χ3n) is 5.33. The van der Waals surface area contributed by atoms with Gasteiger partial charge in [-0.1, -0.05) is 18.2 Å². The molecule has 2 heterocycles. The van der Waals surface area contributed by atoms with Crippen LogP contribution in [-0.2, 0) is 9.47 Å². The van der Waals surface area contributed by atoms with Crippen molar-refractivity contribution in [3.63, 3.8) is 0 Å². The molecule has 0 amide bonds. The van der Waals surface area contributed by atoms with Gasteiger partial charge in [0.25, 0.3) is 0 Å². The molecule has 0 bridgehead atoms. The van der Waals surface area contributed by atoms with Crippen molar-refractivity contribution in [1.29, 1.82) is 0 Å². The van der Waals surface area contributed by atoms with Crippen LogP contribution in [0.1, 0.15) is 25.7 Å². The van der Waals surface area contributed by atoms with E-state index in [1.165, 1.54) is 5.69 Å². The van der Waals surface area contributed by atoms with Gasteiger partial charge in [0.1, 0.15) is 0 Å². The Morgan fingerprint density at radius 3 is 2.75 bits per heavy atom. The largest absolute Gasteiger partial charge is 0.381 e. The molecule has 0 saturated carbocycles. The summed E-state index contributed by atoms with van der Waals surface area (Å²) >= 11 is 0. The highest BCUT2D eigenvalue weighted by atomic mass is 127. The van der Waals surface area contributed by atoms with Gasteiger partial charge in [0.05, 0.1) is 0 Å². The van der Waals surface area contributed by atoms with Gasteiger partial charge >= 0.3 is 0 Å². The van der Waals surface area contributed by atoms with Crippen molar-refractivity contribution in [1.82, 2.24) is 10.6 Å². The van der Waals surface area contributed by atoms with Crippen molar-refractivity contribution in [2.45, 2.75) is 31.7 Å². The lowest BCUT2D eigenvalue weighted by molar-refractivity contribution is 0.0203. The van der Waals surface area contributed by atoms with Crippen LogP contribution in [0.2, 0.25) is 0 Å². The number of guanidine groups is 1. The molecule has 0 aromatic heterocycles. The van der Waals surface area contributed by atoms with Gasteiger partial charge in [-0.25, -0.2) is 0 Å². The summed E-state index contributed by atoms with van der Waals surface area (Å²) in [4.78, 5) is 6.79. The van der Waals surface area contributed by atoms with Gasteiger partial charge in [-0.15, -0.1) is 24.0 Å². The lowest BCUT2D eigenvalue weighted by atomic mass is 10.0. The molecular formula is C21H35IN4O2. The summed E-state index contributed by atoms with van der Waals surface area (Å²) in [5.74, 6) is 1.57. The molecule has 1 atom stereocenters. The minimum atomic E-state index is 0. The van der Waals surface area contributed by atoms with Crippen molar-refractivity contribution < 1.29 is 9.47 Å². The fourth-order valence-electron chi connectivity index (χ4n) is 3.68. The molecule has 2 saturated heterocycles. The lowest BCUT2D eigenvalue weighted by Gasteiger charge is -2.22. The Morgan fingerprint density at radius 1 is 1.21 bits per heavy atom. The minimum Gasteiger partial charge on any atom is -0.381 e. The van der Waals surface area contributed by atoms with E-state index < -0.39 is 0 Å². The number of benzene rings is 1. The summed E-state index contributed by atoms with van der Waals surface area (Å²) in [5.41, 5.74) is 1.30. The van der Waals surface area contributed by atoms with Crippen LogP contribution in [0.25, 0.3) is 0 Å². The van der Waals surface area contributed by atoms with Crippen molar-refractivity contribution in [3.8, 4) is 0 Å². The van der Waals surface area contributed by atoms with Crippen LogP contribution >= 0.6 is 24.0 Å². The first-order valence-corrected chi connectivity index (χ1v) is 10.3. The van der Waals surface area contributed by atoms with Crippen LogP contribution in [0.3, 0.4) is 0 Å². The smallest absolute Gasteiger partial charge is 0.191 e. The van der Waals surface area contributed by atoms with Gasteiger partial charge in [-0.2, -0.15) is 0 Å². The molecule has 2 aliphatic heterocycles. The number of hydrogen-bond donors (Lipinski definition) is 2. The summed E-state index contributed by atoms with van der Waals surface area (Å²) in [7, 11) is 1.83. The standard InChI is InChI=1S/C21H34N4O2.HI/c1-22-21(23-11-5-13-27-17-18-9-14-26-15-10-18)24-19-8-12-25(16-19)20-6-3-2-4-7-20;/h2-4,6-7,18-19H,5,8-17H2,1H3,(H2,22,23,24);1H. The second-order valence-electron chi connectivity index (χ2n) is 7.39. The Kier molecular flexibility index (Phi) is 11.0. The third-order valence-corrected chi connectivity index (χ3v) is 5.33. The maximum absolute atomic E-state index is 5.82. The first-order chi connectivity index (χ1) is 13.3. The fourth-order valence-corrected chi connectivity index (χ4v) is 3.68. The topological polar surface area (TPSA) is 58.1 Å². The van der Waals surface area contributed by atoms with Crippen LogP contribution < -0.4 is 15.5 Å². The average molecular weight is 502 g/mol. The number of anilines is 1. The molecule has 0 spiro atoms. The molecule has 0 radical (unpaired) electrons. The quantitative estimate of drug-likeness (QED) is 0.248. The van der Waals surface area contributed by atoms with Gasteiger partial charge in [-0.05, 0) is 43.7 Å². The summed E-state index contributed by atoms with van der Waals surface area (Å²) < 4.78 is 11.2. The van der Waals surface area contributed by atoms with Gasteiger partial charge in [0, 0.05) is 64.8 Å². The zero-order chi connectivity index (χ0) is 18.7. The van der Waals surface area contributed by atoms with Crippen molar-refractivity contribution >= 4 is 35.6 Å². The Hall–Kier alpha value is -1.06. The zero-order valence-corrected chi connectivity index (χ0v) is 19.3. The van der Waals surface area contributed by atoms with E-state index in [2.05, 4.69) is 50.9 Å². The SMILES string of the molecule is CN=C(NCCCOCC1CCOCC1)NC1CCN(c2ccccc2)C1.I. The second kappa shape index (κ2) is 13.2. The monoisotopic (exact) mass is 502 g/mol. The molecule has 1 unspecified atom stereocenters. The van der Waals surface area contributed by atoms with E-state index in [9.17, 15) is 0 Å². The van der Waals surface area contributed by atoms with Gasteiger partial charge in [0.2, 0.25) is 0 Å². The first-order valence-electron chi connectivity index (χ1n) is 10.3. The molecule has 158 valence electrons. The molecule has 1 aromatic carbocycles. The van der Waals surface area contributed by atoms with E-state index >= 15 is 0 Å². The predicted molar refractivity (Wildman–Crippen MR) is 126 cm³/mol.